The van der Waals surface area contributed by atoms with Crippen molar-refractivity contribution >= 4 is 55.7 Å². The summed E-state index contributed by atoms with van der Waals surface area (Å²) in [6.45, 7) is 0.649. The van der Waals surface area contributed by atoms with Crippen LogP contribution in [0.5, 0.6) is 5.75 Å². The number of benzene rings is 4. The van der Waals surface area contributed by atoms with Crippen LogP contribution in [0.1, 0.15) is 16.7 Å². The summed E-state index contributed by atoms with van der Waals surface area (Å²) in [5.74, 6) is 0.373. The predicted molar refractivity (Wildman–Crippen MR) is 140 cm³/mol. The lowest BCUT2D eigenvalue weighted by molar-refractivity contribution is -0.123. The van der Waals surface area contributed by atoms with E-state index in [0.29, 0.717) is 17.3 Å². The molecule has 0 unspecified atom stereocenters. The highest BCUT2D eigenvalue weighted by atomic mass is 79.9. The van der Waals surface area contributed by atoms with E-state index in [1.165, 1.54) is 10.3 Å². The third-order valence-electron chi connectivity index (χ3n) is 5.54. The van der Waals surface area contributed by atoms with Gasteiger partial charge in [0.2, 0.25) is 0 Å². The van der Waals surface area contributed by atoms with Crippen LogP contribution in [0, 0.1) is 0 Å². The normalized spacial score (nSPS) is 14.9. The Bertz CT molecular complexity index is 1410. The van der Waals surface area contributed by atoms with Gasteiger partial charge in [-0.15, -0.1) is 0 Å². The van der Waals surface area contributed by atoms with Crippen molar-refractivity contribution in [3.8, 4) is 5.75 Å². The Morgan fingerprint density at radius 2 is 1.53 bits per heavy atom. The Morgan fingerprint density at radius 1 is 0.824 bits per heavy atom. The van der Waals surface area contributed by atoms with Gasteiger partial charge in [0.1, 0.15) is 12.4 Å². The number of fused-ring (bicyclic) bond motifs is 1. The zero-order valence-corrected chi connectivity index (χ0v) is 20.5. The number of carbonyl (C=O) groups excluding carboxylic acids is 2. The zero-order chi connectivity index (χ0) is 23.5. The molecule has 168 valence electrons. The van der Waals surface area contributed by atoms with Crippen molar-refractivity contribution in [3.05, 3.63) is 117 Å². The molecule has 1 saturated heterocycles. The molecule has 2 amide bonds. The third-order valence-corrected chi connectivity index (χ3v) is 6.98. The molecule has 0 saturated carbocycles. The van der Waals surface area contributed by atoms with Crippen molar-refractivity contribution in [2.45, 2.75) is 13.2 Å². The van der Waals surface area contributed by atoms with E-state index in [-0.39, 0.29) is 17.7 Å². The van der Waals surface area contributed by atoms with E-state index in [1.807, 2.05) is 60.7 Å². The van der Waals surface area contributed by atoms with Crippen LogP contribution in [0.3, 0.4) is 0 Å². The summed E-state index contributed by atoms with van der Waals surface area (Å²) >= 11 is 4.36. The molecule has 1 aliphatic rings. The monoisotopic (exact) mass is 529 g/mol. The average Bonchev–Trinajstić information content (AvgIpc) is 3.12. The van der Waals surface area contributed by atoms with Gasteiger partial charge in [-0.05, 0) is 64.0 Å². The largest absolute Gasteiger partial charge is 0.488 e. The number of rotatable bonds is 6. The number of nitrogens with zero attached hydrogens (tertiary/aromatic N) is 1. The molecule has 0 spiro atoms. The molecule has 0 N–H and O–H groups in total. The number of hydrogen-bond donors (Lipinski definition) is 0. The highest BCUT2D eigenvalue weighted by Gasteiger charge is 2.35. The summed E-state index contributed by atoms with van der Waals surface area (Å²) < 4.78 is 7.06. The SMILES string of the molecule is O=C1S/C(=C\c2ccccc2OCc2ccc3ccccc3c2)C(=O)N1Cc1ccc(Br)cc1. The fourth-order valence-corrected chi connectivity index (χ4v) is 4.86. The van der Waals surface area contributed by atoms with Gasteiger partial charge in [0.05, 0.1) is 11.4 Å². The molecule has 4 nitrogen and oxygen atoms in total. The van der Waals surface area contributed by atoms with E-state index >= 15 is 0 Å². The molecule has 4 aromatic rings. The van der Waals surface area contributed by atoms with Gasteiger partial charge in [-0.2, -0.15) is 0 Å². The van der Waals surface area contributed by atoms with Gasteiger partial charge in [-0.3, -0.25) is 14.5 Å². The highest BCUT2D eigenvalue weighted by molar-refractivity contribution is 9.10. The molecule has 34 heavy (non-hydrogen) atoms. The smallest absolute Gasteiger partial charge is 0.293 e. The minimum Gasteiger partial charge on any atom is -0.488 e. The molecule has 5 rings (SSSR count). The van der Waals surface area contributed by atoms with Crippen LogP contribution in [0.4, 0.5) is 4.79 Å². The first-order chi connectivity index (χ1) is 16.6. The maximum Gasteiger partial charge on any atom is 0.293 e. The first-order valence-corrected chi connectivity index (χ1v) is 12.4. The molecule has 0 aromatic heterocycles. The first kappa shape index (κ1) is 22.4. The summed E-state index contributed by atoms with van der Waals surface area (Å²) in [4.78, 5) is 27.2. The lowest BCUT2D eigenvalue weighted by Crippen LogP contribution is -2.27. The van der Waals surface area contributed by atoms with Crippen molar-refractivity contribution in [2.24, 2.45) is 0 Å². The number of hydrogen-bond acceptors (Lipinski definition) is 4. The standard InChI is InChI=1S/C28H20BrNO3S/c29-24-13-10-19(11-14-24)17-30-27(31)26(34-28(30)32)16-23-7-3-4-8-25(23)33-18-20-9-12-21-5-1-2-6-22(21)15-20/h1-16H,17-18H2/b26-16-. The lowest BCUT2D eigenvalue weighted by atomic mass is 10.1. The summed E-state index contributed by atoms with van der Waals surface area (Å²) in [6, 6.07) is 29.6. The van der Waals surface area contributed by atoms with E-state index in [1.54, 1.807) is 6.08 Å². The van der Waals surface area contributed by atoms with Crippen molar-refractivity contribution in [1.82, 2.24) is 4.90 Å². The summed E-state index contributed by atoms with van der Waals surface area (Å²) in [7, 11) is 0. The second-order valence-corrected chi connectivity index (χ2v) is 9.81. The van der Waals surface area contributed by atoms with Crippen molar-refractivity contribution < 1.29 is 14.3 Å². The molecule has 0 aliphatic carbocycles. The highest BCUT2D eigenvalue weighted by Crippen LogP contribution is 2.35. The minimum atomic E-state index is -0.290. The van der Waals surface area contributed by atoms with Crippen LogP contribution in [-0.2, 0) is 17.9 Å². The molecule has 0 atom stereocenters. The molecular formula is C28H20BrNO3S. The quantitative estimate of drug-likeness (QED) is 0.244. The zero-order valence-electron chi connectivity index (χ0n) is 18.1. The van der Waals surface area contributed by atoms with Crippen LogP contribution in [-0.4, -0.2) is 16.0 Å². The van der Waals surface area contributed by atoms with Gasteiger partial charge in [0, 0.05) is 10.0 Å². The van der Waals surface area contributed by atoms with Crippen molar-refractivity contribution in [2.75, 3.05) is 0 Å². The van der Waals surface area contributed by atoms with Crippen LogP contribution in [0.15, 0.2) is 100 Å². The van der Waals surface area contributed by atoms with Gasteiger partial charge in [-0.1, -0.05) is 82.7 Å². The maximum absolute atomic E-state index is 13.0. The first-order valence-electron chi connectivity index (χ1n) is 10.8. The van der Waals surface area contributed by atoms with E-state index in [9.17, 15) is 9.59 Å². The molecule has 1 fully saturated rings. The Labute approximate surface area is 210 Å². The van der Waals surface area contributed by atoms with E-state index in [2.05, 4.69) is 46.3 Å². The predicted octanol–water partition coefficient (Wildman–Crippen LogP) is 7.42. The van der Waals surface area contributed by atoms with Crippen molar-refractivity contribution in [1.29, 1.82) is 0 Å². The third kappa shape index (κ3) is 4.93. The van der Waals surface area contributed by atoms with Crippen LogP contribution < -0.4 is 4.74 Å². The molecule has 6 heteroatoms. The van der Waals surface area contributed by atoms with Gasteiger partial charge in [0.25, 0.3) is 11.1 Å². The Balaban J connectivity index is 1.33. The van der Waals surface area contributed by atoms with Gasteiger partial charge < -0.3 is 4.74 Å². The van der Waals surface area contributed by atoms with E-state index < -0.39 is 0 Å². The Morgan fingerprint density at radius 3 is 2.35 bits per heavy atom. The van der Waals surface area contributed by atoms with Crippen LogP contribution in [0.2, 0.25) is 0 Å². The number of imide groups is 1. The molecular weight excluding hydrogens is 510 g/mol. The topological polar surface area (TPSA) is 46.6 Å². The fraction of sp³-hybridized carbons (Fsp3) is 0.0714. The number of para-hydroxylation sites is 1. The Hall–Kier alpha value is -3.35. The van der Waals surface area contributed by atoms with Gasteiger partial charge >= 0.3 is 0 Å². The minimum absolute atomic E-state index is 0.245. The Kier molecular flexibility index (Phi) is 6.52. The number of halogens is 1. The molecule has 1 aliphatic heterocycles. The molecule has 0 bridgehead atoms. The molecule has 4 aromatic carbocycles. The second kappa shape index (κ2) is 9.87. The van der Waals surface area contributed by atoms with E-state index in [4.69, 9.17) is 4.74 Å². The number of amides is 2. The average molecular weight is 530 g/mol. The van der Waals surface area contributed by atoms with Crippen molar-refractivity contribution in [3.63, 3.8) is 0 Å². The molecule has 1 heterocycles. The summed E-state index contributed by atoms with van der Waals surface area (Å²) in [5.41, 5.74) is 2.71. The van der Waals surface area contributed by atoms with E-state index in [0.717, 1.165) is 38.3 Å². The second-order valence-electron chi connectivity index (χ2n) is 7.90. The lowest BCUT2D eigenvalue weighted by Gasteiger charge is -2.12. The molecule has 0 radical (unpaired) electrons. The van der Waals surface area contributed by atoms with Crippen LogP contribution >= 0.6 is 27.7 Å². The summed E-state index contributed by atoms with van der Waals surface area (Å²) in [6.07, 6.45) is 1.74. The van der Waals surface area contributed by atoms with Crippen LogP contribution in [0.25, 0.3) is 16.8 Å². The number of carbonyl (C=O) groups is 2. The maximum atomic E-state index is 13.0. The number of thioether (sulfide) groups is 1. The number of ether oxygens (including phenoxy) is 1. The van der Waals surface area contributed by atoms with Gasteiger partial charge in [0.15, 0.2) is 0 Å². The summed E-state index contributed by atoms with van der Waals surface area (Å²) in [5, 5.41) is 2.08. The van der Waals surface area contributed by atoms with Gasteiger partial charge in [-0.25, -0.2) is 0 Å². The fourth-order valence-electron chi connectivity index (χ4n) is 3.77.